The van der Waals surface area contributed by atoms with Gasteiger partial charge in [0.05, 0.1) is 6.67 Å². The van der Waals surface area contributed by atoms with Crippen LogP contribution in [0.1, 0.15) is 26.2 Å². The van der Waals surface area contributed by atoms with E-state index >= 15 is 0 Å². The summed E-state index contributed by atoms with van der Waals surface area (Å²) in [6.45, 7) is 0.833. The van der Waals surface area contributed by atoms with Crippen LogP contribution < -0.4 is 0 Å². The van der Waals surface area contributed by atoms with Crippen LogP contribution in [0.2, 0.25) is 0 Å². The van der Waals surface area contributed by atoms with Gasteiger partial charge in [-0.3, -0.25) is 9.18 Å². The average Bonchev–Trinajstić information content (AvgIpc) is 1.82. The van der Waals surface area contributed by atoms with E-state index < -0.39 is 12.8 Å². The normalized spacial score (nSPS) is 13.1. The van der Waals surface area contributed by atoms with Crippen LogP contribution >= 0.6 is 0 Å². The van der Waals surface area contributed by atoms with Crippen LogP contribution in [0.3, 0.4) is 0 Å². The molecule has 10 heavy (non-hydrogen) atoms. The third-order valence-corrected chi connectivity index (χ3v) is 1.10. The van der Waals surface area contributed by atoms with Crippen LogP contribution in [0.5, 0.6) is 0 Å². The Morgan fingerprint density at radius 2 is 2.20 bits per heavy atom. The number of hydrogen-bond donors (Lipinski definition) is 0. The second-order valence-corrected chi connectivity index (χ2v) is 2.32. The molecule has 0 aliphatic rings. The van der Waals surface area contributed by atoms with Gasteiger partial charge in [0.15, 0.2) is 0 Å². The maximum absolute atomic E-state index is 12.1. The van der Waals surface area contributed by atoms with E-state index in [0.29, 0.717) is 0 Å². The van der Waals surface area contributed by atoms with Crippen LogP contribution in [0.15, 0.2) is 0 Å². The van der Waals surface area contributed by atoms with E-state index in [4.69, 9.17) is 0 Å². The third kappa shape index (κ3) is 5.66. The summed E-state index contributed by atoms with van der Waals surface area (Å²) in [7, 11) is 0. The summed E-state index contributed by atoms with van der Waals surface area (Å²) < 4.78 is 23.5. The van der Waals surface area contributed by atoms with Gasteiger partial charge < -0.3 is 0 Å². The first kappa shape index (κ1) is 9.53. The molecule has 0 fully saturated rings. The number of alkyl halides is 2. The van der Waals surface area contributed by atoms with E-state index in [1.54, 1.807) is 0 Å². The molecule has 0 aromatic rings. The molecule has 0 saturated carbocycles. The Balaban J connectivity index is 3.26. The molecule has 0 aromatic carbocycles. The van der Waals surface area contributed by atoms with Crippen molar-refractivity contribution in [2.45, 2.75) is 32.4 Å². The number of rotatable bonds is 5. The lowest BCUT2D eigenvalue weighted by atomic mass is 10.1. The summed E-state index contributed by atoms with van der Waals surface area (Å²) in [6.07, 6.45) is -0.761. The first-order chi connectivity index (χ1) is 4.66. The highest BCUT2D eigenvalue weighted by atomic mass is 19.1. The van der Waals surface area contributed by atoms with Gasteiger partial charge in [-0.25, -0.2) is 4.39 Å². The molecule has 0 aliphatic heterocycles. The highest BCUT2D eigenvalue weighted by Gasteiger charge is 2.06. The smallest absolute Gasteiger partial charge is 0.135 e. The van der Waals surface area contributed by atoms with Crippen molar-refractivity contribution in [2.75, 3.05) is 6.67 Å². The van der Waals surface area contributed by atoms with Gasteiger partial charge in [-0.1, -0.05) is 0 Å². The Morgan fingerprint density at radius 1 is 1.60 bits per heavy atom. The molecule has 0 saturated heterocycles. The molecule has 0 aromatic heterocycles. The van der Waals surface area contributed by atoms with Crippen molar-refractivity contribution in [3.8, 4) is 0 Å². The van der Waals surface area contributed by atoms with Gasteiger partial charge in [-0.2, -0.15) is 0 Å². The first-order valence-corrected chi connectivity index (χ1v) is 3.38. The van der Waals surface area contributed by atoms with Crippen molar-refractivity contribution in [1.82, 2.24) is 0 Å². The topological polar surface area (TPSA) is 17.1 Å². The molecule has 0 spiro atoms. The highest BCUT2D eigenvalue weighted by Crippen LogP contribution is 2.01. The summed E-state index contributed by atoms with van der Waals surface area (Å²) in [5.74, 6) is -0.187. The van der Waals surface area contributed by atoms with Crippen LogP contribution in [0.4, 0.5) is 8.78 Å². The molecule has 1 atom stereocenters. The van der Waals surface area contributed by atoms with E-state index in [0.717, 1.165) is 0 Å². The largest absolute Gasteiger partial charge is 0.300 e. The first-order valence-electron chi connectivity index (χ1n) is 3.38. The summed E-state index contributed by atoms with van der Waals surface area (Å²) in [4.78, 5) is 10.6. The van der Waals surface area contributed by atoms with Crippen LogP contribution in [0, 0.1) is 0 Å². The number of ketones is 1. The minimum Gasteiger partial charge on any atom is -0.300 e. The minimum absolute atomic E-state index is 0.0694. The molecule has 0 amide bonds. The summed E-state index contributed by atoms with van der Waals surface area (Å²) in [6, 6.07) is 0. The monoisotopic (exact) mass is 150 g/mol. The van der Waals surface area contributed by atoms with Gasteiger partial charge >= 0.3 is 0 Å². The number of Topliss-reactive ketones (excluding diaryl/α,β-unsaturated/α-hetero) is 1. The fourth-order valence-electron chi connectivity index (χ4n) is 0.680. The molecule has 1 unspecified atom stereocenters. The van der Waals surface area contributed by atoms with Crippen molar-refractivity contribution in [3.05, 3.63) is 0 Å². The predicted octanol–water partition coefficient (Wildman–Crippen LogP) is 2.05. The number of hydrogen-bond acceptors (Lipinski definition) is 1. The van der Waals surface area contributed by atoms with Gasteiger partial charge in [-0.05, 0) is 13.3 Å². The lowest BCUT2D eigenvalue weighted by Gasteiger charge is -1.98. The zero-order valence-electron chi connectivity index (χ0n) is 6.07. The second kappa shape index (κ2) is 5.33. The van der Waals surface area contributed by atoms with Crippen LogP contribution in [-0.4, -0.2) is 18.6 Å². The summed E-state index contributed by atoms with van der Waals surface area (Å²) in [5.41, 5.74) is 0. The molecule has 0 radical (unpaired) electrons. The van der Waals surface area contributed by atoms with Crippen molar-refractivity contribution in [3.63, 3.8) is 0 Å². The van der Waals surface area contributed by atoms with E-state index in [1.807, 2.05) is 0 Å². The molecular formula is C7H12F2O. The average molecular weight is 150 g/mol. The Labute approximate surface area is 59.4 Å². The second-order valence-electron chi connectivity index (χ2n) is 2.32. The van der Waals surface area contributed by atoms with E-state index in [9.17, 15) is 13.6 Å². The Morgan fingerprint density at radius 3 is 2.60 bits per heavy atom. The molecule has 0 heterocycles. The maximum atomic E-state index is 12.1. The molecular weight excluding hydrogens is 138 g/mol. The quantitative estimate of drug-likeness (QED) is 0.586. The molecule has 1 nitrogen and oxygen atoms in total. The van der Waals surface area contributed by atoms with Gasteiger partial charge in [0.2, 0.25) is 0 Å². The molecule has 3 heteroatoms. The Hall–Kier alpha value is -0.470. The SMILES string of the molecule is CC(F)CC(=O)CCCF. The van der Waals surface area contributed by atoms with Crippen LogP contribution in [0.25, 0.3) is 0 Å². The van der Waals surface area contributed by atoms with E-state index in [-0.39, 0.29) is 25.0 Å². The van der Waals surface area contributed by atoms with Crippen molar-refractivity contribution in [2.24, 2.45) is 0 Å². The Kier molecular flexibility index (Phi) is 5.08. The van der Waals surface area contributed by atoms with Crippen LogP contribution in [-0.2, 0) is 4.79 Å². The molecule has 0 aliphatic carbocycles. The predicted molar refractivity (Wildman–Crippen MR) is 35.4 cm³/mol. The van der Waals surface area contributed by atoms with E-state index in [1.165, 1.54) is 6.92 Å². The number of carbonyl (C=O) groups is 1. The number of carbonyl (C=O) groups excluding carboxylic acids is 1. The summed E-state index contributed by atoms with van der Waals surface area (Å²) >= 11 is 0. The zero-order chi connectivity index (χ0) is 7.98. The molecule has 60 valence electrons. The molecule has 0 bridgehead atoms. The standard InChI is InChI=1S/C7H12F2O/c1-6(9)5-7(10)3-2-4-8/h6H,2-5H2,1H3. The highest BCUT2D eigenvalue weighted by molar-refractivity contribution is 5.78. The van der Waals surface area contributed by atoms with Gasteiger partial charge in [0.1, 0.15) is 12.0 Å². The van der Waals surface area contributed by atoms with Gasteiger partial charge in [0, 0.05) is 12.8 Å². The fraction of sp³-hybridized carbons (Fsp3) is 0.857. The van der Waals surface area contributed by atoms with Crippen molar-refractivity contribution >= 4 is 5.78 Å². The lowest BCUT2D eigenvalue weighted by molar-refractivity contribution is -0.120. The third-order valence-electron chi connectivity index (χ3n) is 1.10. The lowest BCUT2D eigenvalue weighted by Crippen LogP contribution is -2.05. The zero-order valence-corrected chi connectivity index (χ0v) is 6.07. The minimum atomic E-state index is -1.09. The summed E-state index contributed by atoms with van der Waals surface area (Å²) in [5, 5.41) is 0. The van der Waals surface area contributed by atoms with Crippen molar-refractivity contribution < 1.29 is 13.6 Å². The van der Waals surface area contributed by atoms with E-state index in [2.05, 4.69) is 0 Å². The fourth-order valence-corrected chi connectivity index (χ4v) is 0.680. The molecule has 0 rings (SSSR count). The molecule has 0 N–H and O–H groups in total. The van der Waals surface area contributed by atoms with Gasteiger partial charge in [-0.15, -0.1) is 0 Å². The van der Waals surface area contributed by atoms with Crippen molar-refractivity contribution in [1.29, 1.82) is 0 Å². The van der Waals surface area contributed by atoms with Gasteiger partial charge in [0.25, 0.3) is 0 Å². The number of halogens is 2. The Bertz CT molecular complexity index is 102. The maximum Gasteiger partial charge on any atom is 0.135 e.